The molecule has 1 N–H and O–H groups in total. The van der Waals surface area contributed by atoms with Crippen molar-refractivity contribution in [3.63, 3.8) is 0 Å². The van der Waals surface area contributed by atoms with E-state index >= 15 is 0 Å². The lowest BCUT2D eigenvalue weighted by molar-refractivity contribution is 0.0945. The van der Waals surface area contributed by atoms with Gasteiger partial charge in [0.25, 0.3) is 12.3 Å². The minimum atomic E-state index is -2.56. The van der Waals surface area contributed by atoms with E-state index in [0.29, 0.717) is 5.01 Å². The van der Waals surface area contributed by atoms with Crippen molar-refractivity contribution in [2.75, 3.05) is 0 Å². The number of aromatic nitrogens is 5. The first-order chi connectivity index (χ1) is 11.6. The van der Waals surface area contributed by atoms with Crippen LogP contribution in [-0.2, 0) is 13.1 Å². The fraction of sp³-hybridized carbons (Fsp3) is 0.214. The van der Waals surface area contributed by atoms with Gasteiger partial charge < -0.3 is 5.32 Å². The second kappa shape index (κ2) is 7.21. The van der Waals surface area contributed by atoms with E-state index in [1.165, 1.54) is 17.5 Å². The summed E-state index contributed by atoms with van der Waals surface area (Å²) >= 11 is 1.36. The highest BCUT2D eigenvalue weighted by molar-refractivity contribution is 7.14. The van der Waals surface area contributed by atoms with E-state index in [-0.39, 0.29) is 12.2 Å². The van der Waals surface area contributed by atoms with E-state index in [4.69, 9.17) is 0 Å². The molecule has 0 atom stereocenters. The number of amides is 1. The normalized spacial score (nSPS) is 11.0. The van der Waals surface area contributed by atoms with Gasteiger partial charge in [-0.3, -0.25) is 4.79 Å². The van der Waals surface area contributed by atoms with E-state index in [2.05, 4.69) is 25.8 Å². The van der Waals surface area contributed by atoms with E-state index < -0.39 is 18.9 Å². The van der Waals surface area contributed by atoms with Crippen LogP contribution in [0.5, 0.6) is 0 Å². The summed E-state index contributed by atoms with van der Waals surface area (Å²) < 4.78 is 25.4. The van der Waals surface area contributed by atoms with Gasteiger partial charge in [0, 0.05) is 5.56 Å². The Morgan fingerprint density at radius 2 is 2.00 bits per heavy atom. The standard InChI is InChI=1S/C14H12F2N6OS/c15-11(16)8-22-7-10(18-21-22)13(23)17-6-12-19-20-14(24-12)9-4-2-1-3-5-9/h1-5,7,11H,6,8H2,(H,17,23). The molecular formula is C14H12F2N6OS. The van der Waals surface area contributed by atoms with Crippen molar-refractivity contribution in [1.29, 1.82) is 0 Å². The van der Waals surface area contributed by atoms with Gasteiger partial charge in [-0.05, 0) is 0 Å². The highest BCUT2D eigenvalue weighted by Crippen LogP contribution is 2.22. The van der Waals surface area contributed by atoms with Crippen molar-refractivity contribution in [2.45, 2.75) is 19.5 Å². The molecule has 3 aromatic rings. The Labute approximate surface area is 139 Å². The van der Waals surface area contributed by atoms with Crippen LogP contribution in [0.4, 0.5) is 8.78 Å². The number of hydrogen-bond donors (Lipinski definition) is 1. The average Bonchev–Trinajstić information content (AvgIpc) is 3.22. The van der Waals surface area contributed by atoms with Crippen molar-refractivity contribution in [2.24, 2.45) is 0 Å². The first-order valence-electron chi connectivity index (χ1n) is 6.96. The summed E-state index contributed by atoms with van der Waals surface area (Å²) in [5, 5.41) is 19.1. The number of nitrogens with zero attached hydrogens (tertiary/aromatic N) is 5. The molecule has 0 aliphatic carbocycles. The van der Waals surface area contributed by atoms with Gasteiger partial charge in [-0.1, -0.05) is 46.9 Å². The minimum absolute atomic E-state index is 0.0246. The van der Waals surface area contributed by atoms with Gasteiger partial charge in [0.05, 0.1) is 12.7 Å². The summed E-state index contributed by atoms with van der Waals surface area (Å²) in [4.78, 5) is 11.9. The van der Waals surface area contributed by atoms with Crippen molar-refractivity contribution in [1.82, 2.24) is 30.5 Å². The van der Waals surface area contributed by atoms with Crippen LogP contribution in [0.2, 0.25) is 0 Å². The molecule has 0 bridgehead atoms. The number of rotatable bonds is 6. The highest BCUT2D eigenvalue weighted by atomic mass is 32.1. The zero-order chi connectivity index (χ0) is 16.9. The lowest BCUT2D eigenvalue weighted by atomic mass is 10.2. The summed E-state index contributed by atoms with van der Waals surface area (Å²) in [6.07, 6.45) is -1.38. The predicted octanol–water partition coefficient (Wildman–Crippen LogP) is 1.99. The van der Waals surface area contributed by atoms with E-state index in [1.807, 2.05) is 30.3 Å². The Balaban J connectivity index is 1.59. The van der Waals surface area contributed by atoms with Crippen LogP contribution in [0.25, 0.3) is 10.6 Å². The molecule has 1 aromatic carbocycles. The van der Waals surface area contributed by atoms with Crippen LogP contribution in [0, 0.1) is 0 Å². The zero-order valence-corrected chi connectivity index (χ0v) is 13.1. The quantitative estimate of drug-likeness (QED) is 0.735. The third-order valence-electron chi connectivity index (χ3n) is 2.98. The number of alkyl halides is 2. The molecule has 0 saturated carbocycles. The van der Waals surface area contributed by atoms with Gasteiger partial charge in [0.2, 0.25) is 0 Å². The fourth-order valence-corrected chi connectivity index (χ4v) is 2.69. The van der Waals surface area contributed by atoms with Crippen LogP contribution in [0.3, 0.4) is 0 Å². The summed E-state index contributed by atoms with van der Waals surface area (Å²) in [6.45, 7) is -0.428. The highest BCUT2D eigenvalue weighted by Gasteiger charge is 2.14. The molecule has 2 heterocycles. The van der Waals surface area contributed by atoms with Crippen molar-refractivity contribution < 1.29 is 13.6 Å². The van der Waals surface area contributed by atoms with E-state index in [9.17, 15) is 13.6 Å². The fourth-order valence-electron chi connectivity index (χ4n) is 1.90. The number of benzene rings is 1. The summed E-state index contributed by atoms with van der Waals surface area (Å²) in [5.74, 6) is -0.507. The molecule has 2 aromatic heterocycles. The smallest absolute Gasteiger partial charge is 0.273 e. The number of hydrogen-bond acceptors (Lipinski definition) is 6. The number of carbonyl (C=O) groups is 1. The number of carbonyl (C=O) groups excluding carboxylic acids is 1. The monoisotopic (exact) mass is 350 g/mol. The lowest BCUT2D eigenvalue weighted by Gasteiger charge is -1.98. The van der Waals surface area contributed by atoms with E-state index in [0.717, 1.165) is 15.3 Å². The molecule has 24 heavy (non-hydrogen) atoms. The summed E-state index contributed by atoms with van der Waals surface area (Å²) in [7, 11) is 0. The maximum absolute atomic E-state index is 12.2. The van der Waals surface area contributed by atoms with Gasteiger partial charge in [-0.25, -0.2) is 13.5 Å². The van der Waals surface area contributed by atoms with Gasteiger partial charge in [0.1, 0.15) is 16.6 Å². The molecule has 0 radical (unpaired) electrons. The third kappa shape index (κ3) is 3.96. The topological polar surface area (TPSA) is 85.6 Å². The molecule has 1 amide bonds. The maximum Gasteiger partial charge on any atom is 0.273 e. The molecule has 3 rings (SSSR count). The Kier molecular flexibility index (Phi) is 4.85. The van der Waals surface area contributed by atoms with Gasteiger partial charge in [-0.2, -0.15) is 0 Å². The predicted molar refractivity (Wildman–Crippen MR) is 82.5 cm³/mol. The molecule has 0 unspecified atom stereocenters. The Morgan fingerprint density at radius 1 is 1.21 bits per heavy atom. The van der Waals surface area contributed by atoms with Crippen LogP contribution in [0.15, 0.2) is 36.5 Å². The van der Waals surface area contributed by atoms with Crippen LogP contribution < -0.4 is 5.32 Å². The third-order valence-corrected chi connectivity index (χ3v) is 3.96. The van der Waals surface area contributed by atoms with Crippen LogP contribution >= 0.6 is 11.3 Å². The Morgan fingerprint density at radius 3 is 2.75 bits per heavy atom. The average molecular weight is 350 g/mol. The second-order valence-corrected chi connectivity index (χ2v) is 5.83. The number of nitrogens with one attached hydrogen (secondary N) is 1. The Bertz CT molecular complexity index is 820. The molecular weight excluding hydrogens is 338 g/mol. The molecule has 124 valence electrons. The van der Waals surface area contributed by atoms with Gasteiger partial charge in [0.15, 0.2) is 5.69 Å². The lowest BCUT2D eigenvalue weighted by Crippen LogP contribution is -2.23. The van der Waals surface area contributed by atoms with E-state index in [1.54, 1.807) is 0 Å². The summed E-state index contributed by atoms with van der Waals surface area (Å²) in [5.41, 5.74) is 0.922. The van der Waals surface area contributed by atoms with Crippen LogP contribution in [-0.4, -0.2) is 37.5 Å². The van der Waals surface area contributed by atoms with Crippen LogP contribution in [0.1, 0.15) is 15.5 Å². The van der Waals surface area contributed by atoms with Gasteiger partial charge >= 0.3 is 0 Å². The maximum atomic E-state index is 12.2. The first kappa shape index (κ1) is 16.1. The first-order valence-corrected chi connectivity index (χ1v) is 7.78. The zero-order valence-electron chi connectivity index (χ0n) is 12.3. The SMILES string of the molecule is O=C(NCc1nnc(-c2ccccc2)s1)c1cn(CC(F)F)nn1. The second-order valence-electron chi connectivity index (χ2n) is 4.77. The molecule has 10 heteroatoms. The Hall–Kier alpha value is -2.75. The molecule has 0 aliphatic heterocycles. The van der Waals surface area contributed by atoms with Gasteiger partial charge in [-0.15, -0.1) is 15.3 Å². The molecule has 0 fully saturated rings. The van der Waals surface area contributed by atoms with Crippen molar-refractivity contribution in [3.8, 4) is 10.6 Å². The minimum Gasteiger partial charge on any atom is -0.344 e. The van der Waals surface area contributed by atoms with Crippen molar-refractivity contribution in [3.05, 3.63) is 47.2 Å². The van der Waals surface area contributed by atoms with Crippen molar-refractivity contribution >= 4 is 17.2 Å². The molecule has 7 nitrogen and oxygen atoms in total. The number of halogens is 2. The largest absolute Gasteiger partial charge is 0.344 e. The molecule has 0 spiro atoms. The summed E-state index contributed by atoms with van der Waals surface area (Å²) in [6, 6.07) is 9.56. The molecule has 0 aliphatic rings. The molecule has 0 saturated heterocycles.